The largest absolute Gasteiger partial charge is 0.342 e. The highest BCUT2D eigenvalue weighted by molar-refractivity contribution is 5.99. The minimum absolute atomic E-state index is 0.0350. The van der Waals surface area contributed by atoms with Crippen molar-refractivity contribution in [2.24, 2.45) is 5.92 Å². The molecule has 1 atom stereocenters. The van der Waals surface area contributed by atoms with Crippen molar-refractivity contribution in [1.82, 2.24) is 4.90 Å². The summed E-state index contributed by atoms with van der Waals surface area (Å²) in [5, 5.41) is 9.03. The zero-order valence-electron chi connectivity index (χ0n) is 13.2. The highest BCUT2D eigenvalue weighted by Crippen LogP contribution is 2.26. The summed E-state index contributed by atoms with van der Waals surface area (Å²) < 4.78 is 0. The Morgan fingerprint density at radius 2 is 2.23 bits per heavy atom. The molecule has 116 valence electrons. The van der Waals surface area contributed by atoms with Gasteiger partial charge in [0.1, 0.15) is 0 Å². The van der Waals surface area contributed by atoms with Crippen LogP contribution in [0, 0.1) is 17.2 Å². The van der Waals surface area contributed by atoms with Gasteiger partial charge in [0.15, 0.2) is 0 Å². The minimum atomic E-state index is -0.305. The van der Waals surface area contributed by atoms with Gasteiger partial charge in [-0.1, -0.05) is 6.07 Å². The predicted octanol–water partition coefficient (Wildman–Crippen LogP) is 2.17. The second kappa shape index (κ2) is 6.61. The fraction of sp³-hybridized carbons (Fsp3) is 0.471. The number of carbonyl (C=O) groups excluding carboxylic acids is 2. The van der Waals surface area contributed by atoms with Crippen LogP contribution in [0.1, 0.15) is 32.8 Å². The number of hydrogen-bond acceptors (Lipinski definition) is 3. The lowest BCUT2D eigenvalue weighted by Gasteiger charge is -2.29. The van der Waals surface area contributed by atoms with E-state index in [0.717, 1.165) is 0 Å². The van der Waals surface area contributed by atoms with Crippen LogP contribution in [0.4, 0.5) is 5.69 Å². The SMILES string of the molecule is CCN1CC(C(=O)N(c2cccc(C#N)c2)C(C)C)CC1=O. The average molecular weight is 299 g/mol. The zero-order valence-corrected chi connectivity index (χ0v) is 13.2. The van der Waals surface area contributed by atoms with E-state index in [0.29, 0.717) is 24.3 Å². The first-order valence-electron chi connectivity index (χ1n) is 7.59. The third-order valence-corrected chi connectivity index (χ3v) is 3.95. The van der Waals surface area contributed by atoms with Crippen molar-refractivity contribution in [2.75, 3.05) is 18.0 Å². The van der Waals surface area contributed by atoms with Gasteiger partial charge in [-0.2, -0.15) is 5.26 Å². The molecule has 0 spiro atoms. The molecule has 0 bridgehead atoms. The van der Waals surface area contributed by atoms with Crippen molar-refractivity contribution >= 4 is 17.5 Å². The molecule has 2 rings (SSSR count). The summed E-state index contributed by atoms with van der Waals surface area (Å²) in [4.78, 5) is 28.1. The monoisotopic (exact) mass is 299 g/mol. The molecule has 0 radical (unpaired) electrons. The number of nitrogens with zero attached hydrogens (tertiary/aromatic N) is 3. The van der Waals surface area contributed by atoms with Crippen LogP contribution in [-0.4, -0.2) is 35.8 Å². The number of benzene rings is 1. The van der Waals surface area contributed by atoms with Gasteiger partial charge in [-0.15, -0.1) is 0 Å². The zero-order chi connectivity index (χ0) is 16.3. The van der Waals surface area contributed by atoms with Crippen LogP contribution < -0.4 is 4.90 Å². The molecule has 1 saturated heterocycles. The molecule has 1 aliphatic rings. The summed E-state index contributed by atoms with van der Waals surface area (Å²) >= 11 is 0. The molecule has 5 nitrogen and oxygen atoms in total. The molecule has 0 N–H and O–H groups in total. The Hall–Kier alpha value is -2.35. The highest BCUT2D eigenvalue weighted by atomic mass is 16.2. The van der Waals surface area contributed by atoms with Crippen LogP contribution in [0.15, 0.2) is 24.3 Å². The first-order chi connectivity index (χ1) is 10.5. The summed E-state index contributed by atoms with van der Waals surface area (Å²) in [5.41, 5.74) is 1.23. The number of anilines is 1. The number of amides is 2. The van der Waals surface area contributed by atoms with Crippen molar-refractivity contribution in [3.05, 3.63) is 29.8 Å². The number of likely N-dealkylation sites (tertiary alicyclic amines) is 1. The van der Waals surface area contributed by atoms with Crippen molar-refractivity contribution in [1.29, 1.82) is 5.26 Å². The van der Waals surface area contributed by atoms with Gasteiger partial charge >= 0.3 is 0 Å². The van der Waals surface area contributed by atoms with E-state index < -0.39 is 0 Å². The lowest BCUT2D eigenvalue weighted by atomic mass is 10.0. The van der Waals surface area contributed by atoms with E-state index in [1.807, 2.05) is 26.8 Å². The van der Waals surface area contributed by atoms with Crippen LogP contribution in [0.2, 0.25) is 0 Å². The van der Waals surface area contributed by atoms with Crippen LogP contribution in [0.3, 0.4) is 0 Å². The van der Waals surface area contributed by atoms with E-state index in [-0.39, 0.29) is 30.2 Å². The number of nitriles is 1. The number of rotatable bonds is 4. The molecular weight excluding hydrogens is 278 g/mol. The lowest BCUT2D eigenvalue weighted by Crippen LogP contribution is -2.42. The Balaban J connectivity index is 2.27. The highest BCUT2D eigenvalue weighted by Gasteiger charge is 2.36. The maximum atomic E-state index is 12.9. The molecule has 0 aromatic heterocycles. The molecule has 22 heavy (non-hydrogen) atoms. The van der Waals surface area contributed by atoms with Gasteiger partial charge in [0, 0.05) is 31.2 Å². The maximum Gasteiger partial charge on any atom is 0.232 e. The molecule has 1 fully saturated rings. The molecule has 0 saturated carbocycles. The van der Waals surface area contributed by atoms with Crippen molar-refractivity contribution in [3.8, 4) is 6.07 Å². The van der Waals surface area contributed by atoms with Gasteiger partial charge in [0.2, 0.25) is 11.8 Å². The van der Waals surface area contributed by atoms with Crippen LogP contribution in [0.5, 0.6) is 0 Å². The van der Waals surface area contributed by atoms with E-state index in [4.69, 9.17) is 5.26 Å². The third kappa shape index (κ3) is 3.11. The van der Waals surface area contributed by atoms with Gasteiger partial charge in [-0.25, -0.2) is 0 Å². The Bertz CT molecular complexity index is 619. The first-order valence-corrected chi connectivity index (χ1v) is 7.59. The fourth-order valence-corrected chi connectivity index (χ4v) is 2.84. The smallest absolute Gasteiger partial charge is 0.232 e. The Labute approximate surface area is 131 Å². The molecule has 0 aliphatic carbocycles. The van der Waals surface area contributed by atoms with Crippen LogP contribution in [0.25, 0.3) is 0 Å². The van der Waals surface area contributed by atoms with Crippen molar-refractivity contribution in [2.45, 2.75) is 33.2 Å². The Morgan fingerprint density at radius 3 is 2.77 bits per heavy atom. The van der Waals surface area contributed by atoms with Crippen molar-refractivity contribution in [3.63, 3.8) is 0 Å². The predicted molar refractivity (Wildman–Crippen MR) is 84.1 cm³/mol. The lowest BCUT2D eigenvalue weighted by molar-refractivity contribution is -0.128. The summed E-state index contributed by atoms with van der Waals surface area (Å²) in [6, 6.07) is 9.08. The van der Waals surface area contributed by atoms with Gasteiger partial charge < -0.3 is 9.80 Å². The molecular formula is C17H21N3O2. The van der Waals surface area contributed by atoms with E-state index in [1.54, 1.807) is 28.0 Å². The molecule has 1 unspecified atom stereocenters. The molecule has 5 heteroatoms. The normalized spacial score (nSPS) is 17.7. The Morgan fingerprint density at radius 1 is 1.50 bits per heavy atom. The van der Waals surface area contributed by atoms with E-state index in [9.17, 15) is 9.59 Å². The van der Waals surface area contributed by atoms with Crippen LogP contribution in [-0.2, 0) is 9.59 Å². The van der Waals surface area contributed by atoms with E-state index in [2.05, 4.69) is 6.07 Å². The van der Waals surface area contributed by atoms with Crippen LogP contribution >= 0.6 is 0 Å². The Kier molecular flexibility index (Phi) is 4.81. The standard InChI is InChI=1S/C17H21N3O2/c1-4-19-11-14(9-16(19)21)17(22)20(12(2)3)15-7-5-6-13(8-15)10-18/h5-8,12,14H,4,9,11H2,1-3H3. The van der Waals surface area contributed by atoms with Gasteiger partial charge in [0.05, 0.1) is 17.6 Å². The second-order valence-electron chi connectivity index (χ2n) is 5.80. The first kappa shape index (κ1) is 16.0. The maximum absolute atomic E-state index is 12.9. The van der Waals surface area contributed by atoms with Gasteiger partial charge in [-0.05, 0) is 39.0 Å². The third-order valence-electron chi connectivity index (χ3n) is 3.95. The number of carbonyl (C=O) groups is 2. The molecule has 1 aromatic rings. The fourth-order valence-electron chi connectivity index (χ4n) is 2.84. The molecule has 1 heterocycles. The summed E-state index contributed by atoms with van der Waals surface area (Å²) in [5.74, 6) is -0.315. The topological polar surface area (TPSA) is 64.4 Å². The van der Waals surface area contributed by atoms with Gasteiger partial charge in [0.25, 0.3) is 0 Å². The quantitative estimate of drug-likeness (QED) is 0.856. The second-order valence-corrected chi connectivity index (χ2v) is 5.80. The van der Waals surface area contributed by atoms with E-state index >= 15 is 0 Å². The van der Waals surface area contributed by atoms with Gasteiger partial charge in [-0.3, -0.25) is 9.59 Å². The summed E-state index contributed by atoms with van der Waals surface area (Å²) in [6.45, 7) is 6.90. The number of hydrogen-bond donors (Lipinski definition) is 0. The average Bonchev–Trinajstić information content (AvgIpc) is 2.88. The minimum Gasteiger partial charge on any atom is -0.342 e. The summed E-state index contributed by atoms with van der Waals surface area (Å²) in [6.07, 6.45) is 0.272. The molecule has 1 aliphatic heterocycles. The molecule has 1 aromatic carbocycles. The van der Waals surface area contributed by atoms with E-state index in [1.165, 1.54) is 0 Å². The summed E-state index contributed by atoms with van der Waals surface area (Å²) in [7, 11) is 0. The molecule has 2 amide bonds. The van der Waals surface area contributed by atoms with Crippen molar-refractivity contribution < 1.29 is 9.59 Å².